The van der Waals surface area contributed by atoms with E-state index in [9.17, 15) is 0 Å². The van der Waals surface area contributed by atoms with Crippen LogP contribution in [0, 0.1) is 0 Å². The van der Waals surface area contributed by atoms with E-state index < -0.39 is 10.8 Å². The van der Waals surface area contributed by atoms with Crippen LogP contribution in [0.1, 0.15) is 44.5 Å². The Kier molecular flexibility index (Phi) is 7.88. The Balaban J connectivity index is 0.979. The summed E-state index contributed by atoms with van der Waals surface area (Å²) in [5.41, 5.74) is 20.7. The van der Waals surface area contributed by atoms with E-state index in [1.54, 1.807) is 0 Å². The zero-order valence-electron chi connectivity index (χ0n) is 37.3. The highest BCUT2D eigenvalue weighted by atomic mass is 16.3. The lowest BCUT2D eigenvalue weighted by molar-refractivity contribution is 0.633. The highest BCUT2D eigenvalue weighted by Crippen LogP contribution is 2.67. The maximum Gasteiger partial charge on any atom is 0.164 e. The highest BCUT2D eigenvalue weighted by molar-refractivity contribution is 6.09. The molecule has 0 atom stereocenters. The van der Waals surface area contributed by atoms with E-state index in [0.29, 0.717) is 17.5 Å². The van der Waals surface area contributed by atoms with E-state index in [0.717, 1.165) is 49.8 Å². The third-order valence-electron chi connectivity index (χ3n) is 15.3. The topological polar surface area (TPSA) is 51.8 Å². The molecule has 320 valence electrons. The number of rotatable bonds is 4. The Morgan fingerprint density at radius 1 is 0.261 bits per heavy atom. The Hall–Kier alpha value is -8.99. The van der Waals surface area contributed by atoms with Gasteiger partial charge in [0, 0.05) is 33.0 Å². The van der Waals surface area contributed by atoms with Crippen LogP contribution >= 0.6 is 0 Å². The SMILES string of the molecule is c1ccc(-c2nc(-c3ccc(-c4cccc5c4oc4ccccc45)cc3)nc(-c3ccc4c(c3)C3(c5ccccc5-c5ccccc53)c3ccccc3C43c4ccccc4-c4ccccc43)n2)cc1. The Morgan fingerprint density at radius 3 is 1.23 bits per heavy atom. The molecule has 15 rings (SSSR count). The van der Waals surface area contributed by atoms with E-state index >= 15 is 0 Å². The molecule has 0 amide bonds. The van der Waals surface area contributed by atoms with Crippen LogP contribution in [0.3, 0.4) is 0 Å². The molecule has 0 radical (unpaired) electrons. The third-order valence-corrected chi connectivity index (χ3v) is 15.3. The molecule has 0 saturated heterocycles. The van der Waals surface area contributed by atoms with Crippen LogP contribution in [0.2, 0.25) is 0 Å². The molecule has 2 spiro atoms. The molecule has 0 saturated carbocycles. The second kappa shape index (κ2) is 14.3. The molecule has 10 aromatic carbocycles. The van der Waals surface area contributed by atoms with E-state index in [1.807, 2.05) is 30.3 Å². The lowest BCUT2D eigenvalue weighted by Gasteiger charge is -2.49. The zero-order chi connectivity index (χ0) is 45.3. The first-order chi connectivity index (χ1) is 34.2. The quantitative estimate of drug-likeness (QED) is 0.177. The second-order valence-electron chi connectivity index (χ2n) is 18.5. The van der Waals surface area contributed by atoms with Crippen molar-refractivity contribution < 1.29 is 4.42 Å². The van der Waals surface area contributed by atoms with Crippen molar-refractivity contribution >= 4 is 21.9 Å². The van der Waals surface area contributed by atoms with E-state index in [-0.39, 0.29) is 0 Å². The first-order valence-corrected chi connectivity index (χ1v) is 23.7. The maximum absolute atomic E-state index is 6.45. The largest absolute Gasteiger partial charge is 0.455 e. The van der Waals surface area contributed by atoms with Crippen LogP contribution < -0.4 is 0 Å². The van der Waals surface area contributed by atoms with Gasteiger partial charge in [0.1, 0.15) is 11.2 Å². The van der Waals surface area contributed by atoms with Gasteiger partial charge in [-0.15, -0.1) is 0 Å². The summed E-state index contributed by atoms with van der Waals surface area (Å²) in [6.07, 6.45) is 0. The van der Waals surface area contributed by atoms with Crippen molar-refractivity contribution in [3.05, 3.63) is 281 Å². The average Bonchev–Trinajstić information content (AvgIpc) is 4.06. The Labute approximate surface area is 398 Å². The molecule has 69 heavy (non-hydrogen) atoms. The monoisotopic (exact) mass is 877 g/mol. The van der Waals surface area contributed by atoms with Gasteiger partial charge < -0.3 is 4.42 Å². The second-order valence-corrected chi connectivity index (χ2v) is 18.5. The molecule has 0 fully saturated rings. The van der Waals surface area contributed by atoms with Crippen LogP contribution in [-0.4, -0.2) is 15.0 Å². The molecule has 12 aromatic rings. The lowest BCUT2D eigenvalue weighted by atomic mass is 9.52. The van der Waals surface area contributed by atoms with Crippen molar-refractivity contribution in [2.24, 2.45) is 0 Å². The molecule has 2 aromatic heterocycles. The summed E-state index contributed by atoms with van der Waals surface area (Å²) in [5.74, 6) is 1.85. The molecule has 0 unspecified atom stereocenters. The fourth-order valence-electron chi connectivity index (χ4n) is 12.5. The van der Waals surface area contributed by atoms with Crippen LogP contribution in [0.25, 0.3) is 89.5 Å². The predicted octanol–water partition coefficient (Wildman–Crippen LogP) is 15.5. The van der Waals surface area contributed by atoms with Gasteiger partial charge in [0.2, 0.25) is 0 Å². The third kappa shape index (κ3) is 5.10. The molecular weight excluding hydrogens is 839 g/mol. The minimum Gasteiger partial charge on any atom is -0.455 e. The van der Waals surface area contributed by atoms with Crippen molar-refractivity contribution in [3.63, 3.8) is 0 Å². The summed E-state index contributed by atoms with van der Waals surface area (Å²) >= 11 is 0. The van der Waals surface area contributed by atoms with Gasteiger partial charge in [-0.3, -0.25) is 0 Å². The Bertz CT molecular complexity index is 4000. The van der Waals surface area contributed by atoms with Gasteiger partial charge >= 0.3 is 0 Å². The minimum atomic E-state index is -0.635. The summed E-state index contributed by atoms with van der Waals surface area (Å²) in [6, 6.07) is 85.8. The van der Waals surface area contributed by atoms with Gasteiger partial charge in [-0.1, -0.05) is 224 Å². The van der Waals surface area contributed by atoms with Crippen molar-refractivity contribution in [1.82, 2.24) is 15.0 Å². The van der Waals surface area contributed by atoms with E-state index in [2.05, 4.69) is 206 Å². The number of hydrogen-bond donors (Lipinski definition) is 0. The van der Waals surface area contributed by atoms with Crippen molar-refractivity contribution in [3.8, 4) is 67.5 Å². The van der Waals surface area contributed by atoms with Gasteiger partial charge in [0.25, 0.3) is 0 Å². The fraction of sp³-hybridized carbons (Fsp3) is 0.0308. The number of fused-ring (bicyclic) bond motifs is 19. The molecule has 4 heteroatoms. The van der Waals surface area contributed by atoms with Gasteiger partial charge in [0.15, 0.2) is 17.5 Å². The molecule has 3 aliphatic carbocycles. The normalized spacial score (nSPS) is 14.0. The van der Waals surface area contributed by atoms with Crippen LogP contribution in [0.15, 0.2) is 241 Å². The van der Waals surface area contributed by atoms with Crippen LogP contribution in [-0.2, 0) is 10.8 Å². The van der Waals surface area contributed by atoms with E-state index in [4.69, 9.17) is 19.4 Å². The Morgan fingerprint density at radius 2 is 0.652 bits per heavy atom. The van der Waals surface area contributed by atoms with Crippen molar-refractivity contribution in [2.75, 3.05) is 0 Å². The summed E-state index contributed by atoms with van der Waals surface area (Å²) in [4.78, 5) is 15.9. The number of furan rings is 1. The number of hydrogen-bond acceptors (Lipinski definition) is 4. The summed E-state index contributed by atoms with van der Waals surface area (Å²) < 4.78 is 6.45. The maximum atomic E-state index is 6.45. The number of benzene rings is 10. The van der Waals surface area contributed by atoms with Gasteiger partial charge in [0.05, 0.1) is 10.8 Å². The molecule has 3 aliphatic rings. The summed E-state index contributed by atoms with van der Waals surface area (Å²) in [6.45, 7) is 0. The molecule has 0 N–H and O–H groups in total. The summed E-state index contributed by atoms with van der Waals surface area (Å²) in [5, 5.41) is 2.22. The van der Waals surface area contributed by atoms with Crippen molar-refractivity contribution in [2.45, 2.75) is 10.8 Å². The van der Waals surface area contributed by atoms with E-state index in [1.165, 1.54) is 66.8 Å². The van der Waals surface area contributed by atoms with Gasteiger partial charge in [-0.2, -0.15) is 0 Å². The van der Waals surface area contributed by atoms with Crippen LogP contribution in [0.4, 0.5) is 0 Å². The first kappa shape index (κ1) is 38.1. The minimum absolute atomic E-state index is 0.580. The molecule has 4 nitrogen and oxygen atoms in total. The highest BCUT2D eigenvalue weighted by Gasteiger charge is 2.59. The summed E-state index contributed by atoms with van der Waals surface area (Å²) in [7, 11) is 0. The van der Waals surface area contributed by atoms with Crippen LogP contribution in [0.5, 0.6) is 0 Å². The smallest absolute Gasteiger partial charge is 0.164 e. The molecular formula is C65H39N3O. The molecule has 0 bridgehead atoms. The zero-order valence-corrected chi connectivity index (χ0v) is 37.3. The first-order valence-electron chi connectivity index (χ1n) is 23.7. The van der Waals surface area contributed by atoms with Gasteiger partial charge in [-0.25, -0.2) is 15.0 Å². The number of aromatic nitrogens is 3. The predicted molar refractivity (Wildman–Crippen MR) is 277 cm³/mol. The number of nitrogens with zero attached hydrogens (tertiary/aromatic N) is 3. The van der Waals surface area contributed by atoms with Gasteiger partial charge in [-0.05, 0) is 84.5 Å². The lowest BCUT2D eigenvalue weighted by Crippen LogP contribution is -2.43. The fourth-order valence-corrected chi connectivity index (χ4v) is 12.5. The van der Waals surface area contributed by atoms with Crippen molar-refractivity contribution in [1.29, 1.82) is 0 Å². The average molecular weight is 878 g/mol. The number of para-hydroxylation sites is 2. The molecule has 0 aliphatic heterocycles. The molecule has 2 heterocycles. The standard InChI is InChI=1S/C65H39N3O/c1-2-17-41(18-3-1)61-66-62(42-35-33-40(34-36-42)44-24-16-25-50-49-23-8-15-32-59(49)69-60(44)50)68-63(67-61)43-37-38-57-58(39-43)65(53-28-11-6-21-47(53)48-22-7-12-29-54(48)65)56-31-14-13-30-55(56)64(57)51-26-9-4-19-45(51)46-20-5-10-27-52(46)64/h1-39H.